The normalized spacial score (nSPS) is 29.6. The first-order valence-electron chi connectivity index (χ1n) is 8.51. The van der Waals surface area contributed by atoms with Crippen molar-refractivity contribution in [2.75, 3.05) is 26.2 Å². The van der Waals surface area contributed by atoms with Gasteiger partial charge in [0.15, 0.2) is 0 Å². The molecule has 3 heterocycles. The highest BCUT2D eigenvalue weighted by Crippen LogP contribution is 2.56. The van der Waals surface area contributed by atoms with Gasteiger partial charge in [-0.15, -0.1) is 0 Å². The van der Waals surface area contributed by atoms with E-state index in [0.29, 0.717) is 17.4 Å². The average molecular weight is 319 g/mol. The van der Waals surface area contributed by atoms with Crippen molar-refractivity contribution in [3.8, 4) is 0 Å². The van der Waals surface area contributed by atoms with Gasteiger partial charge in [-0.1, -0.05) is 0 Å². The zero-order valence-electron chi connectivity index (χ0n) is 13.0. The lowest BCUT2D eigenvalue weighted by molar-refractivity contribution is -0.136. The molecule has 1 spiro atoms. The van der Waals surface area contributed by atoms with Gasteiger partial charge in [0.1, 0.15) is 0 Å². The highest BCUT2D eigenvalue weighted by atomic mass is 32.1. The van der Waals surface area contributed by atoms with Crippen LogP contribution in [0.2, 0.25) is 0 Å². The van der Waals surface area contributed by atoms with E-state index in [-0.39, 0.29) is 5.92 Å². The summed E-state index contributed by atoms with van der Waals surface area (Å²) in [4.78, 5) is 15.3. The molecule has 2 aliphatic heterocycles. The second-order valence-corrected chi connectivity index (χ2v) is 7.90. The van der Waals surface area contributed by atoms with Crippen LogP contribution >= 0.6 is 11.3 Å². The van der Waals surface area contributed by atoms with Gasteiger partial charge in [-0.05, 0) is 73.1 Å². The second-order valence-electron chi connectivity index (χ2n) is 7.12. The zero-order valence-corrected chi connectivity index (χ0v) is 13.8. The van der Waals surface area contributed by atoms with Crippen LogP contribution in [0.15, 0.2) is 16.8 Å². The summed E-state index contributed by atoms with van der Waals surface area (Å²) in [6, 6.07) is 2.64. The van der Waals surface area contributed by atoms with Crippen LogP contribution in [-0.2, 0) is 11.3 Å². The summed E-state index contributed by atoms with van der Waals surface area (Å²) in [7, 11) is 0. The Balaban J connectivity index is 1.51. The number of piperidine rings is 1. The molecule has 2 unspecified atom stereocenters. The van der Waals surface area contributed by atoms with Crippen LogP contribution in [0, 0.1) is 11.3 Å². The zero-order chi connectivity index (χ0) is 15.0. The Morgan fingerprint density at radius 2 is 2.18 bits per heavy atom. The number of nitrogens with one attached hydrogen (secondary N) is 2. The molecule has 0 radical (unpaired) electrons. The van der Waals surface area contributed by atoms with Crippen molar-refractivity contribution in [1.82, 2.24) is 15.5 Å². The molecule has 4 rings (SSSR count). The van der Waals surface area contributed by atoms with Gasteiger partial charge in [-0.25, -0.2) is 0 Å². The van der Waals surface area contributed by atoms with Crippen LogP contribution in [0.25, 0.3) is 0 Å². The maximum Gasteiger partial charge on any atom is 0.227 e. The van der Waals surface area contributed by atoms with Crippen LogP contribution in [-0.4, -0.2) is 43.0 Å². The molecule has 0 bridgehead atoms. The summed E-state index contributed by atoms with van der Waals surface area (Å²) in [5.41, 5.74) is 1.71. The van der Waals surface area contributed by atoms with E-state index in [4.69, 9.17) is 0 Å². The molecule has 1 saturated carbocycles. The van der Waals surface area contributed by atoms with Gasteiger partial charge in [0.25, 0.3) is 0 Å². The molecule has 5 heteroatoms. The minimum absolute atomic E-state index is 0.193. The summed E-state index contributed by atoms with van der Waals surface area (Å²) < 4.78 is 0. The minimum atomic E-state index is 0.193. The van der Waals surface area contributed by atoms with E-state index in [2.05, 4.69) is 32.4 Å². The quantitative estimate of drug-likeness (QED) is 0.890. The van der Waals surface area contributed by atoms with Crippen molar-refractivity contribution in [2.45, 2.75) is 38.3 Å². The number of amides is 1. The Morgan fingerprint density at radius 1 is 1.32 bits per heavy atom. The first kappa shape index (κ1) is 14.7. The predicted octanol–water partition coefficient (Wildman–Crippen LogP) is 1.83. The standard InChI is InChI=1S/C17H25N3OS/c21-16(14-1-5-19-10-14)20(11-13-2-8-22-12-13)15-9-17(15)3-6-18-7-4-17/h2,8,12,14-15,18-19H,1,3-7,9-11H2. The molecule has 0 aromatic carbocycles. The Labute approximate surface area is 136 Å². The minimum Gasteiger partial charge on any atom is -0.334 e. The monoisotopic (exact) mass is 319 g/mol. The topological polar surface area (TPSA) is 44.4 Å². The van der Waals surface area contributed by atoms with Crippen molar-refractivity contribution in [3.05, 3.63) is 22.4 Å². The summed E-state index contributed by atoms with van der Waals surface area (Å²) in [5.74, 6) is 0.578. The van der Waals surface area contributed by atoms with E-state index in [1.165, 1.54) is 24.8 Å². The van der Waals surface area contributed by atoms with Gasteiger partial charge in [0.2, 0.25) is 5.91 Å². The molecule has 4 nitrogen and oxygen atoms in total. The lowest BCUT2D eigenvalue weighted by Gasteiger charge is -2.31. The number of carbonyl (C=O) groups is 1. The molecule has 2 saturated heterocycles. The fraction of sp³-hybridized carbons (Fsp3) is 0.706. The van der Waals surface area contributed by atoms with Crippen LogP contribution in [0.1, 0.15) is 31.2 Å². The molecule has 3 aliphatic rings. The molecule has 120 valence electrons. The first-order valence-corrected chi connectivity index (χ1v) is 9.46. The largest absolute Gasteiger partial charge is 0.334 e. The Morgan fingerprint density at radius 3 is 2.86 bits per heavy atom. The lowest BCUT2D eigenvalue weighted by atomic mass is 9.93. The Hall–Kier alpha value is -0.910. The van der Waals surface area contributed by atoms with Crippen molar-refractivity contribution < 1.29 is 4.79 Å². The van der Waals surface area contributed by atoms with Gasteiger partial charge in [0.05, 0.1) is 5.92 Å². The summed E-state index contributed by atoms with van der Waals surface area (Å²) >= 11 is 1.72. The number of carbonyl (C=O) groups excluding carboxylic acids is 1. The van der Waals surface area contributed by atoms with E-state index in [9.17, 15) is 4.79 Å². The van der Waals surface area contributed by atoms with Crippen LogP contribution in [0.4, 0.5) is 0 Å². The van der Waals surface area contributed by atoms with Crippen molar-refractivity contribution >= 4 is 17.2 Å². The number of thiophene rings is 1. The van der Waals surface area contributed by atoms with Crippen LogP contribution in [0.5, 0.6) is 0 Å². The lowest BCUT2D eigenvalue weighted by Crippen LogP contribution is -2.42. The molecule has 3 fully saturated rings. The van der Waals surface area contributed by atoms with E-state index >= 15 is 0 Å². The Kier molecular flexibility index (Phi) is 3.96. The number of hydrogen-bond acceptors (Lipinski definition) is 4. The fourth-order valence-corrected chi connectivity index (χ4v) is 4.91. The molecule has 2 N–H and O–H groups in total. The molecular weight excluding hydrogens is 294 g/mol. The summed E-state index contributed by atoms with van der Waals surface area (Å²) in [5, 5.41) is 11.1. The van der Waals surface area contributed by atoms with Crippen molar-refractivity contribution in [1.29, 1.82) is 0 Å². The SMILES string of the molecule is O=C(C1CCNC1)N(Cc1ccsc1)C1CC12CCNCC2. The average Bonchev–Trinajstić information content (AvgIpc) is 3.02. The third-order valence-electron chi connectivity index (χ3n) is 5.75. The second kappa shape index (κ2) is 5.95. The Bertz CT molecular complexity index is 518. The summed E-state index contributed by atoms with van der Waals surface area (Å²) in [6.07, 6.45) is 4.67. The van der Waals surface area contributed by atoms with Crippen LogP contribution in [0.3, 0.4) is 0 Å². The number of hydrogen-bond donors (Lipinski definition) is 2. The van der Waals surface area contributed by atoms with Gasteiger partial charge in [0, 0.05) is 19.1 Å². The van der Waals surface area contributed by atoms with Gasteiger partial charge in [-0.3, -0.25) is 4.79 Å². The maximum absolute atomic E-state index is 13.1. The third kappa shape index (κ3) is 2.70. The predicted molar refractivity (Wildman–Crippen MR) is 88.8 cm³/mol. The number of rotatable bonds is 4. The molecule has 2 atom stereocenters. The third-order valence-corrected chi connectivity index (χ3v) is 6.48. The van der Waals surface area contributed by atoms with Gasteiger partial charge >= 0.3 is 0 Å². The van der Waals surface area contributed by atoms with Crippen molar-refractivity contribution in [2.24, 2.45) is 11.3 Å². The molecular formula is C17H25N3OS. The molecule has 1 aliphatic carbocycles. The molecule has 22 heavy (non-hydrogen) atoms. The molecule has 1 amide bonds. The first-order chi connectivity index (χ1) is 10.8. The number of nitrogens with zero attached hydrogens (tertiary/aromatic N) is 1. The van der Waals surface area contributed by atoms with E-state index in [0.717, 1.165) is 39.1 Å². The van der Waals surface area contributed by atoms with E-state index < -0.39 is 0 Å². The van der Waals surface area contributed by atoms with Gasteiger partial charge in [-0.2, -0.15) is 11.3 Å². The smallest absolute Gasteiger partial charge is 0.227 e. The highest BCUT2D eigenvalue weighted by Gasteiger charge is 2.58. The van der Waals surface area contributed by atoms with E-state index in [1.807, 2.05) is 0 Å². The van der Waals surface area contributed by atoms with Crippen LogP contribution < -0.4 is 10.6 Å². The van der Waals surface area contributed by atoms with Crippen molar-refractivity contribution in [3.63, 3.8) is 0 Å². The maximum atomic E-state index is 13.1. The van der Waals surface area contributed by atoms with Gasteiger partial charge < -0.3 is 15.5 Å². The molecule has 1 aromatic rings. The molecule has 1 aromatic heterocycles. The van der Waals surface area contributed by atoms with E-state index in [1.54, 1.807) is 11.3 Å². The highest BCUT2D eigenvalue weighted by molar-refractivity contribution is 7.07. The fourth-order valence-electron chi connectivity index (χ4n) is 4.25. The summed E-state index contributed by atoms with van der Waals surface area (Å²) in [6.45, 7) is 4.88.